The molecule has 0 bridgehead atoms. The average Bonchev–Trinajstić information content (AvgIpc) is 3.82. The Morgan fingerprint density at radius 3 is 2.30 bits per heavy atom. The van der Waals surface area contributed by atoms with E-state index in [-0.39, 0.29) is 41.3 Å². The molecule has 1 saturated carbocycles. The Balaban J connectivity index is 1.22. The summed E-state index contributed by atoms with van der Waals surface area (Å²) in [4.78, 5) is 29.5. The van der Waals surface area contributed by atoms with E-state index in [4.69, 9.17) is 9.84 Å². The molecule has 2 aromatic carbocycles. The maximum atomic E-state index is 14.1. The summed E-state index contributed by atoms with van der Waals surface area (Å²) < 4.78 is 80.5. The summed E-state index contributed by atoms with van der Waals surface area (Å²) in [5.41, 5.74) is 0.0247. The molecule has 2 aromatic heterocycles. The van der Waals surface area contributed by atoms with E-state index in [2.05, 4.69) is 14.8 Å². The van der Waals surface area contributed by atoms with Crippen LogP contribution in [-0.2, 0) is 17.6 Å². The number of alkyl halides is 5. The van der Waals surface area contributed by atoms with Crippen LogP contribution in [0.5, 0.6) is 11.5 Å². The molecule has 47 heavy (non-hydrogen) atoms. The quantitative estimate of drug-likeness (QED) is 0.146. The van der Waals surface area contributed by atoms with E-state index < -0.39 is 35.8 Å². The molecule has 1 N–H and O–H groups in total. The first kappa shape index (κ1) is 32.0. The molecule has 0 unspecified atom stereocenters. The lowest BCUT2D eigenvalue weighted by atomic mass is 9.89. The van der Waals surface area contributed by atoms with E-state index in [1.54, 1.807) is 0 Å². The zero-order valence-corrected chi connectivity index (χ0v) is 24.8. The molecule has 2 aliphatic rings. The van der Waals surface area contributed by atoms with Gasteiger partial charge in [-0.15, -0.1) is 0 Å². The minimum atomic E-state index is -5.06. The third-order valence-corrected chi connectivity index (χ3v) is 8.28. The number of halogens is 5. The van der Waals surface area contributed by atoms with Crippen LogP contribution in [-0.4, -0.2) is 49.9 Å². The summed E-state index contributed by atoms with van der Waals surface area (Å²) in [7, 11) is 0. The van der Waals surface area contributed by atoms with Crippen LogP contribution in [0.4, 0.5) is 26.7 Å². The minimum absolute atomic E-state index is 0.0196. The zero-order chi connectivity index (χ0) is 33.3. The first-order chi connectivity index (χ1) is 22.5. The molecule has 6 rings (SSSR count). The monoisotopic (exact) mass is 656 g/mol. The van der Waals surface area contributed by atoms with Crippen molar-refractivity contribution in [2.24, 2.45) is 5.92 Å². The minimum Gasteiger partial charge on any atom is -0.488 e. The zero-order valence-electron chi connectivity index (χ0n) is 24.8. The number of carbonyl (C=O) groups is 2. The van der Waals surface area contributed by atoms with Crippen LogP contribution in [0.2, 0.25) is 0 Å². The van der Waals surface area contributed by atoms with Gasteiger partial charge in [0, 0.05) is 24.6 Å². The molecule has 0 radical (unpaired) electrons. The number of nitrogens with zero attached hydrogens (tertiary/aromatic N) is 4. The van der Waals surface area contributed by atoms with E-state index in [1.807, 2.05) is 29.2 Å². The predicted molar refractivity (Wildman–Crippen MR) is 157 cm³/mol. The van der Waals surface area contributed by atoms with E-state index in [1.165, 1.54) is 36.4 Å². The first-order valence-corrected chi connectivity index (χ1v) is 14.9. The van der Waals surface area contributed by atoms with Crippen molar-refractivity contribution in [2.75, 3.05) is 13.1 Å². The van der Waals surface area contributed by atoms with Crippen molar-refractivity contribution in [3.63, 3.8) is 0 Å². The summed E-state index contributed by atoms with van der Waals surface area (Å²) in [6.45, 7) is 1.38. The van der Waals surface area contributed by atoms with Gasteiger partial charge < -0.3 is 19.5 Å². The number of likely N-dealkylation sites (tertiary alicyclic amines) is 1. The fraction of sp³-hybridized carbons (Fsp3) is 0.333. The Morgan fingerprint density at radius 2 is 1.66 bits per heavy atom. The molecular formula is C33H29F5N4O5. The number of carboxylic acid groups (broad SMARTS) is 1. The molecule has 4 aromatic rings. The number of hydrogen-bond donors (Lipinski definition) is 1. The van der Waals surface area contributed by atoms with Crippen molar-refractivity contribution in [1.82, 2.24) is 19.7 Å². The molecule has 14 heteroatoms. The van der Waals surface area contributed by atoms with Crippen LogP contribution < -0.4 is 9.47 Å². The van der Waals surface area contributed by atoms with E-state index >= 15 is 0 Å². The maximum absolute atomic E-state index is 14.1. The van der Waals surface area contributed by atoms with Gasteiger partial charge in [0.2, 0.25) is 5.91 Å². The van der Waals surface area contributed by atoms with Gasteiger partial charge in [0.05, 0.1) is 17.5 Å². The van der Waals surface area contributed by atoms with Crippen molar-refractivity contribution in [3.8, 4) is 28.6 Å². The van der Waals surface area contributed by atoms with E-state index in [0.29, 0.717) is 22.4 Å². The van der Waals surface area contributed by atoms with Gasteiger partial charge in [-0.05, 0) is 67.0 Å². The molecule has 9 nitrogen and oxygen atoms in total. The fourth-order valence-electron chi connectivity index (χ4n) is 5.78. The number of hydrogen-bond acceptors (Lipinski definition) is 6. The molecule has 2 fully saturated rings. The van der Waals surface area contributed by atoms with E-state index in [9.17, 15) is 31.5 Å². The first-order valence-electron chi connectivity index (χ1n) is 14.9. The SMILES string of the molecule is O=C(O)Oc1cnn(-c2cccc(-c3cccc(C(F)F)c3OCc3ccc(C4CCN(C(=O)C5CC5)CC4)cc3)n2)c1C(F)(F)F. The molecule has 1 amide bonds. The van der Waals surface area contributed by atoms with Crippen molar-refractivity contribution >= 4 is 12.1 Å². The van der Waals surface area contributed by atoms with Crippen molar-refractivity contribution < 1.29 is 46.1 Å². The average molecular weight is 657 g/mol. The van der Waals surface area contributed by atoms with Gasteiger partial charge in [-0.2, -0.15) is 18.3 Å². The molecule has 1 aliphatic carbocycles. The summed E-state index contributed by atoms with van der Waals surface area (Å²) in [6.07, 6.45) is -5.66. The summed E-state index contributed by atoms with van der Waals surface area (Å²) in [5.74, 6) is -0.822. The Labute approximate surface area is 265 Å². The molecule has 3 heterocycles. The smallest absolute Gasteiger partial charge is 0.488 e. The number of amides is 1. The predicted octanol–water partition coefficient (Wildman–Crippen LogP) is 7.64. The molecule has 246 valence electrons. The Bertz CT molecular complexity index is 1760. The van der Waals surface area contributed by atoms with Crippen LogP contribution >= 0.6 is 0 Å². The highest BCUT2D eigenvalue weighted by Crippen LogP contribution is 2.40. The Hall–Kier alpha value is -5.01. The number of carbonyl (C=O) groups excluding carboxylic acids is 1. The number of rotatable bonds is 9. The Morgan fingerprint density at radius 1 is 0.957 bits per heavy atom. The molecule has 0 atom stereocenters. The van der Waals surface area contributed by atoms with Gasteiger partial charge in [0.1, 0.15) is 12.4 Å². The summed E-state index contributed by atoms with van der Waals surface area (Å²) in [5, 5.41) is 12.5. The Kier molecular flexibility index (Phi) is 8.84. The van der Waals surface area contributed by atoms with Gasteiger partial charge in [-0.1, -0.05) is 36.4 Å². The highest BCUT2D eigenvalue weighted by molar-refractivity contribution is 5.81. The van der Waals surface area contributed by atoms with Crippen LogP contribution in [0, 0.1) is 5.92 Å². The van der Waals surface area contributed by atoms with Crippen molar-refractivity contribution in [2.45, 2.75) is 50.8 Å². The number of ether oxygens (including phenoxy) is 2. The summed E-state index contributed by atoms with van der Waals surface area (Å²) >= 11 is 0. The highest BCUT2D eigenvalue weighted by atomic mass is 19.4. The number of aromatic nitrogens is 3. The normalized spacial score (nSPS) is 15.6. The topological polar surface area (TPSA) is 107 Å². The second-order valence-corrected chi connectivity index (χ2v) is 11.4. The number of piperidine rings is 1. The fourth-order valence-corrected chi connectivity index (χ4v) is 5.78. The van der Waals surface area contributed by atoms with Gasteiger partial charge in [0.25, 0.3) is 6.43 Å². The van der Waals surface area contributed by atoms with Crippen molar-refractivity contribution in [3.05, 3.63) is 89.2 Å². The van der Waals surface area contributed by atoms with Crippen molar-refractivity contribution in [1.29, 1.82) is 0 Å². The lowest BCUT2D eigenvalue weighted by molar-refractivity contribution is -0.143. The number of para-hydroxylation sites is 1. The second-order valence-electron chi connectivity index (χ2n) is 11.4. The maximum Gasteiger partial charge on any atom is 0.511 e. The standard InChI is InChI=1S/C33H29F5N4O5/c34-30(35)24-4-1-3-23(25-5-2-6-27(40-25)42-29(33(36,37)38)26(17-39-42)47-32(44)45)28(24)46-18-19-7-9-20(10-8-19)21-13-15-41(16-14-21)31(43)22-11-12-22/h1-10,17,21-22,30H,11-16,18H2,(H,44,45). The third kappa shape index (κ3) is 7.05. The third-order valence-electron chi connectivity index (χ3n) is 8.28. The van der Waals surface area contributed by atoms with E-state index in [0.717, 1.165) is 44.3 Å². The molecule has 1 saturated heterocycles. The highest BCUT2D eigenvalue weighted by Gasteiger charge is 2.41. The number of pyridine rings is 1. The van der Waals surface area contributed by atoms with Crippen LogP contribution in [0.15, 0.2) is 66.9 Å². The molecule has 0 spiro atoms. The summed E-state index contributed by atoms with van der Waals surface area (Å²) in [6, 6.07) is 15.7. The molecular weight excluding hydrogens is 627 g/mol. The lowest BCUT2D eigenvalue weighted by Gasteiger charge is -2.32. The largest absolute Gasteiger partial charge is 0.511 e. The van der Waals surface area contributed by atoms with Gasteiger partial charge in [-0.3, -0.25) is 4.79 Å². The second kappa shape index (κ2) is 13.0. The van der Waals surface area contributed by atoms with Crippen LogP contribution in [0.3, 0.4) is 0 Å². The van der Waals surface area contributed by atoms with Crippen LogP contribution in [0.1, 0.15) is 60.4 Å². The van der Waals surface area contributed by atoms with Gasteiger partial charge in [0.15, 0.2) is 17.3 Å². The van der Waals surface area contributed by atoms with Gasteiger partial charge >= 0.3 is 12.3 Å². The molecule has 1 aliphatic heterocycles. The van der Waals surface area contributed by atoms with Gasteiger partial charge in [-0.25, -0.2) is 23.2 Å². The number of benzene rings is 2. The lowest BCUT2D eigenvalue weighted by Crippen LogP contribution is -2.38. The van der Waals surface area contributed by atoms with Crippen LogP contribution in [0.25, 0.3) is 17.1 Å².